The Labute approximate surface area is 183 Å². The van der Waals surface area contributed by atoms with Crippen molar-refractivity contribution in [2.24, 2.45) is 0 Å². The number of para-hydroxylation sites is 1. The van der Waals surface area contributed by atoms with E-state index in [0.29, 0.717) is 12.2 Å². The van der Waals surface area contributed by atoms with Gasteiger partial charge in [-0.25, -0.2) is 9.48 Å². The molecule has 3 aromatic rings. The fourth-order valence-electron chi connectivity index (χ4n) is 3.50. The van der Waals surface area contributed by atoms with E-state index >= 15 is 0 Å². The lowest BCUT2D eigenvalue weighted by atomic mass is 10.1. The summed E-state index contributed by atoms with van der Waals surface area (Å²) >= 11 is 0. The van der Waals surface area contributed by atoms with E-state index in [1.54, 1.807) is 0 Å². The van der Waals surface area contributed by atoms with Crippen LogP contribution in [0.4, 0.5) is 10.5 Å². The molecular formula is C24H29N5O2. The molecule has 31 heavy (non-hydrogen) atoms. The number of nitrogens with one attached hydrogen (secondary N) is 2. The second-order valence-corrected chi connectivity index (χ2v) is 7.82. The second kappa shape index (κ2) is 9.57. The summed E-state index contributed by atoms with van der Waals surface area (Å²) in [5.74, 6) is -0.365. The average Bonchev–Trinajstić information content (AvgIpc) is 3.00. The highest BCUT2D eigenvalue weighted by Gasteiger charge is 2.17. The lowest BCUT2D eigenvalue weighted by Crippen LogP contribution is -2.40. The van der Waals surface area contributed by atoms with E-state index in [1.165, 1.54) is 0 Å². The van der Waals surface area contributed by atoms with Crippen LogP contribution >= 0.6 is 0 Å². The zero-order chi connectivity index (χ0) is 22.5. The van der Waals surface area contributed by atoms with Gasteiger partial charge in [0.1, 0.15) is 0 Å². The minimum atomic E-state index is -0.531. The number of likely N-dealkylation sites (N-methyl/N-ethyl adjacent to an activating group) is 1. The molecule has 0 aliphatic rings. The number of imide groups is 1. The zero-order valence-electron chi connectivity index (χ0n) is 18.7. The SMILES string of the molecule is Cc1cccc(NC(=O)NC(=O)CN(C)Cc2c(C)nn(-c3ccccc3)c2C)c1C. The van der Waals surface area contributed by atoms with Gasteiger partial charge in [0.05, 0.1) is 17.9 Å². The molecule has 2 aromatic carbocycles. The van der Waals surface area contributed by atoms with Crippen molar-refractivity contribution < 1.29 is 9.59 Å². The fourth-order valence-corrected chi connectivity index (χ4v) is 3.50. The molecule has 1 aromatic heterocycles. The maximum atomic E-state index is 12.4. The number of benzene rings is 2. The third-order valence-electron chi connectivity index (χ3n) is 5.39. The fraction of sp³-hybridized carbons (Fsp3) is 0.292. The van der Waals surface area contributed by atoms with Crippen molar-refractivity contribution >= 4 is 17.6 Å². The van der Waals surface area contributed by atoms with Crippen molar-refractivity contribution in [1.82, 2.24) is 20.0 Å². The summed E-state index contributed by atoms with van der Waals surface area (Å²) in [6.45, 7) is 8.54. The Hall–Kier alpha value is -3.45. The van der Waals surface area contributed by atoms with Crippen LogP contribution in [0.1, 0.15) is 28.1 Å². The van der Waals surface area contributed by atoms with Gasteiger partial charge in [-0.2, -0.15) is 5.10 Å². The molecule has 162 valence electrons. The van der Waals surface area contributed by atoms with Gasteiger partial charge < -0.3 is 5.32 Å². The Kier molecular flexibility index (Phi) is 6.87. The highest BCUT2D eigenvalue weighted by Crippen LogP contribution is 2.19. The first-order chi connectivity index (χ1) is 14.8. The molecule has 3 rings (SSSR count). The number of carbonyl (C=O) groups is 2. The van der Waals surface area contributed by atoms with E-state index in [2.05, 4.69) is 15.7 Å². The first-order valence-electron chi connectivity index (χ1n) is 10.2. The molecule has 0 saturated carbocycles. The second-order valence-electron chi connectivity index (χ2n) is 7.82. The summed E-state index contributed by atoms with van der Waals surface area (Å²) in [6.07, 6.45) is 0. The third-order valence-corrected chi connectivity index (χ3v) is 5.39. The van der Waals surface area contributed by atoms with Gasteiger partial charge in [-0.15, -0.1) is 0 Å². The van der Waals surface area contributed by atoms with Crippen molar-refractivity contribution in [3.8, 4) is 5.69 Å². The largest absolute Gasteiger partial charge is 0.325 e. The van der Waals surface area contributed by atoms with E-state index in [9.17, 15) is 9.59 Å². The molecule has 0 aliphatic carbocycles. The Balaban J connectivity index is 1.59. The highest BCUT2D eigenvalue weighted by molar-refractivity contribution is 6.02. The molecule has 0 bridgehead atoms. The van der Waals surface area contributed by atoms with E-state index < -0.39 is 6.03 Å². The van der Waals surface area contributed by atoms with E-state index in [1.807, 2.05) is 92.9 Å². The highest BCUT2D eigenvalue weighted by atomic mass is 16.2. The first kappa shape index (κ1) is 22.2. The summed E-state index contributed by atoms with van der Waals surface area (Å²) in [5.41, 5.74) is 6.76. The molecule has 7 nitrogen and oxygen atoms in total. The van der Waals surface area contributed by atoms with Crippen LogP contribution in [0.3, 0.4) is 0 Å². The quantitative estimate of drug-likeness (QED) is 0.635. The van der Waals surface area contributed by atoms with Gasteiger partial charge in [-0.1, -0.05) is 30.3 Å². The Morgan fingerprint density at radius 1 is 1.00 bits per heavy atom. The van der Waals surface area contributed by atoms with Crippen molar-refractivity contribution in [3.05, 3.63) is 76.6 Å². The van der Waals surface area contributed by atoms with Crippen molar-refractivity contribution in [3.63, 3.8) is 0 Å². The Bertz CT molecular complexity index is 1090. The standard InChI is InChI=1S/C24H29N5O2/c1-16-10-9-13-22(17(16)2)25-24(31)26-23(30)15-28(5)14-21-18(3)27-29(19(21)4)20-11-7-6-8-12-20/h6-13H,14-15H2,1-5H3,(H2,25,26,30,31). The van der Waals surface area contributed by atoms with Crippen LogP contribution in [0.2, 0.25) is 0 Å². The number of amides is 3. The number of anilines is 1. The van der Waals surface area contributed by atoms with Gasteiger partial charge in [-0.05, 0) is 64.1 Å². The van der Waals surface area contributed by atoms with Crippen molar-refractivity contribution in [2.75, 3.05) is 18.9 Å². The smallest absolute Gasteiger partial charge is 0.307 e. The average molecular weight is 420 g/mol. The summed E-state index contributed by atoms with van der Waals surface area (Å²) in [4.78, 5) is 26.4. The molecule has 0 fully saturated rings. The van der Waals surface area contributed by atoms with Gasteiger partial charge in [0, 0.05) is 23.5 Å². The summed E-state index contributed by atoms with van der Waals surface area (Å²) in [6, 6.07) is 15.1. The molecule has 0 atom stereocenters. The molecular weight excluding hydrogens is 390 g/mol. The van der Waals surface area contributed by atoms with Crippen LogP contribution in [0.25, 0.3) is 5.69 Å². The van der Waals surface area contributed by atoms with Crippen LogP contribution in [0.5, 0.6) is 0 Å². The predicted octanol–water partition coefficient (Wildman–Crippen LogP) is 3.89. The molecule has 0 unspecified atom stereocenters. The number of nitrogens with zero attached hydrogens (tertiary/aromatic N) is 3. The maximum Gasteiger partial charge on any atom is 0.325 e. The molecule has 0 aliphatic heterocycles. The van der Waals surface area contributed by atoms with E-state index in [0.717, 1.165) is 33.8 Å². The van der Waals surface area contributed by atoms with Crippen molar-refractivity contribution in [2.45, 2.75) is 34.2 Å². The molecule has 3 amide bonds. The molecule has 0 spiro atoms. The lowest BCUT2D eigenvalue weighted by molar-refractivity contribution is -0.120. The summed E-state index contributed by atoms with van der Waals surface area (Å²) < 4.78 is 1.91. The van der Waals surface area contributed by atoms with E-state index in [-0.39, 0.29) is 12.5 Å². The Morgan fingerprint density at radius 3 is 2.42 bits per heavy atom. The van der Waals surface area contributed by atoms with Crippen LogP contribution in [-0.2, 0) is 11.3 Å². The van der Waals surface area contributed by atoms with Crippen LogP contribution in [-0.4, -0.2) is 40.2 Å². The van der Waals surface area contributed by atoms with Gasteiger partial charge in [-0.3, -0.25) is 15.0 Å². The topological polar surface area (TPSA) is 79.3 Å². The number of hydrogen-bond acceptors (Lipinski definition) is 4. The first-order valence-corrected chi connectivity index (χ1v) is 10.2. The number of rotatable bonds is 6. The van der Waals surface area contributed by atoms with Gasteiger partial charge in [0.15, 0.2) is 0 Å². The van der Waals surface area contributed by atoms with Crippen molar-refractivity contribution in [1.29, 1.82) is 0 Å². The van der Waals surface area contributed by atoms with Crippen LogP contribution < -0.4 is 10.6 Å². The van der Waals surface area contributed by atoms with Gasteiger partial charge in [0.2, 0.25) is 5.91 Å². The van der Waals surface area contributed by atoms with Gasteiger partial charge >= 0.3 is 6.03 Å². The molecule has 0 radical (unpaired) electrons. The van der Waals surface area contributed by atoms with Crippen LogP contribution in [0.15, 0.2) is 48.5 Å². The maximum absolute atomic E-state index is 12.4. The minimum absolute atomic E-state index is 0.0929. The molecule has 7 heteroatoms. The summed E-state index contributed by atoms with van der Waals surface area (Å²) in [7, 11) is 1.85. The third kappa shape index (κ3) is 5.38. The van der Waals surface area contributed by atoms with Crippen LogP contribution in [0, 0.1) is 27.7 Å². The van der Waals surface area contributed by atoms with Gasteiger partial charge in [0.25, 0.3) is 0 Å². The molecule has 0 saturated heterocycles. The lowest BCUT2D eigenvalue weighted by Gasteiger charge is -2.17. The monoisotopic (exact) mass is 419 g/mol. The molecule has 1 heterocycles. The van der Waals surface area contributed by atoms with E-state index in [4.69, 9.17) is 0 Å². The Morgan fingerprint density at radius 2 is 1.71 bits per heavy atom. The number of hydrogen-bond donors (Lipinski definition) is 2. The minimum Gasteiger partial charge on any atom is -0.307 e. The predicted molar refractivity (Wildman–Crippen MR) is 122 cm³/mol. The number of aromatic nitrogens is 2. The number of urea groups is 1. The summed E-state index contributed by atoms with van der Waals surface area (Å²) in [5, 5.41) is 9.79. The number of carbonyl (C=O) groups excluding carboxylic acids is 2. The number of aryl methyl sites for hydroxylation is 2. The zero-order valence-corrected chi connectivity index (χ0v) is 18.7. The normalized spacial score (nSPS) is 10.9. The molecule has 2 N–H and O–H groups in total.